The highest BCUT2D eigenvalue weighted by Gasteiger charge is 2.00. The fraction of sp³-hybridized carbons (Fsp3) is 0. The van der Waals surface area contributed by atoms with Crippen LogP contribution >= 0.6 is 23.2 Å². The van der Waals surface area contributed by atoms with Gasteiger partial charge < -0.3 is 0 Å². The van der Waals surface area contributed by atoms with E-state index in [1.54, 1.807) is 24.4 Å². The van der Waals surface area contributed by atoms with Crippen LogP contribution in [0.2, 0.25) is 10.3 Å². The van der Waals surface area contributed by atoms with Gasteiger partial charge in [0.1, 0.15) is 5.15 Å². The van der Waals surface area contributed by atoms with Crippen molar-refractivity contribution in [3.05, 3.63) is 40.8 Å². The van der Waals surface area contributed by atoms with Crippen molar-refractivity contribution in [2.45, 2.75) is 0 Å². The highest BCUT2D eigenvalue weighted by atomic mass is 35.5. The van der Waals surface area contributed by atoms with Crippen molar-refractivity contribution >= 4 is 23.2 Å². The van der Waals surface area contributed by atoms with Crippen molar-refractivity contribution in [2.24, 2.45) is 0 Å². The fourth-order valence-corrected chi connectivity index (χ4v) is 1.21. The van der Waals surface area contributed by atoms with Gasteiger partial charge >= 0.3 is 0 Å². The zero-order valence-corrected chi connectivity index (χ0v) is 8.50. The lowest BCUT2D eigenvalue weighted by molar-refractivity contribution is 1.04. The van der Waals surface area contributed by atoms with Crippen LogP contribution < -0.4 is 0 Å². The van der Waals surface area contributed by atoms with Gasteiger partial charge in [0.25, 0.3) is 0 Å². The minimum atomic E-state index is 0.371. The van der Waals surface area contributed by atoms with Crippen LogP contribution in [-0.2, 0) is 0 Å². The molecule has 0 aliphatic rings. The molecule has 0 radical (unpaired) electrons. The molecule has 0 spiro atoms. The van der Waals surface area contributed by atoms with Gasteiger partial charge in [0.2, 0.25) is 0 Å². The highest BCUT2D eigenvalue weighted by Crippen LogP contribution is 2.17. The zero-order chi connectivity index (χ0) is 9.97. The Morgan fingerprint density at radius 2 is 1.64 bits per heavy atom. The summed E-state index contributed by atoms with van der Waals surface area (Å²) in [5, 5.41) is 8.47. The molecular formula is C9H5Cl2N3. The number of nitrogens with zero attached hydrogens (tertiary/aromatic N) is 3. The minimum absolute atomic E-state index is 0.371. The third-order valence-electron chi connectivity index (χ3n) is 1.66. The molecule has 0 saturated carbocycles. The largest absolute Gasteiger partial charge is 0.244 e. The topological polar surface area (TPSA) is 38.7 Å². The molecule has 0 fully saturated rings. The Bertz CT molecular complexity index is 381. The Balaban J connectivity index is 2.40. The van der Waals surface area contributed by atoms with Crippen LogP contribution in [0, 0.1) is 0 Å². The average Bonchev–Trinajstić information content (AvgIpc) is 2.21. The summed E-state index contributed by atoms with van der Waals surface area (Å²) in [7, 11) is 0. The zero-order valence-electron chi connectivity index (χ0n) is 6.98. The smallest absolute Gasteiger partial charge is 0.151 e. The van der Waals surface area contributed by atoms with E-state index in [1.807, 2.05) is 6.07 Å². The van der Waals surface area contributed by atoms with Crippen LogP contribution in [0.5, 0.6) is 0 Å². The number of rotatable bonds is 1. The lowest BCUT2D eigenvalue weighted by Gasteiger charge is -1.98. The van der Waals surface area contributed by atoms with Gasteiger partial charge in [-0.2, -0.15) is 0 Å². The molecule has 14 heavy (non-hydrogen) atoms. The lowest BCUT2D eigenvalue weighted by atomic mass is 10.2. The first-order valence-corrected chi connectivity index (χ1v) is 4.62. The SMILES string of the molecule is Clc1ccc(-c2ccc(Cl)nn2)cn1. The normalized spacial score (nSPS) is 10.1. The molecule has 0 atom stereocenters. The standard InChI is InChI=1S/C9H5Cl2N3/c10-8-3-1-6(5-12-8)7-2-4-9(11)14-13-7/h1-5H. The molecule has 0 bridgehead atoms. The highest BCUT2D eigenvalue weighted by molar-refractivity contribution is 6.29. The van der Waals surface area contributed by atoms with Crippen LogP contribution in [0.3, 0.4) is 0 Å². The summed E-state index contributed by atoms with van der Waals surface area (Å²) < 4.78 is 0. The second kappa shape index (κ2) is 3.90. The molecule has 0 aromatic carbocycles. The maximum atomic E-state index is 5.66. The van der Waals surface area contributed by atoms with E-state index in [0.29, 0.717) is 10.3 Å². The van der Waals surface area contributed by atoms with E-state index in [1.165, 1.54) is 0 Å². The maximum Gasteiger partial charge on any atom is 0.151 e. The number of aromatic nitrogens is 3. The van der Waals surface area contributed by atoms with Crippen LogP contribution in [-0.4, -0.2) is 15.2 Å². The van der Waals surface area contributed by atoms with Gasteiger partial charge in [-0.3, -0.25) is 0 Å². The Kier molecular flexibility index (Phi) is 2.61. The first-order valence-electron chi connectivity index (χ1n) is 3.87. The average molecular weight is 226 g/mol. The van der Waals surface area contributed by atoms with Gasteiger partial charge in [-0.1, -0.05) is 23.2 Å². The second-order valence-corrected chi connectivity index (χ2v) is 3.39. The van der Waals surface area contributed by atoms with Gasteiger partial charge in [-0.05, 0) is 24.3 Å². The maximum absolute atomic E-state index is 5.66. The summed E-state index contributed by atoms with van der Waals surface area (Å²) in [5.74, 6) is 0. The van der Waals surface area contributed by atoms with E-state index in [4.69, 9.17) is 23.2 Å². The first-order chi connectivity index (χ1) is 6.75. The summed E-state index contributed by atoms with van der Waals surface area (Å²) in [5.41, 5.74) is 1.58. The van der Waals surface area contributed by atoms with Crippen molar-refractivity contribution in [3.63, 3.8) is 0 Å². The van der Waals surface area contributed by atoms with E-state index in [-0.39, 0.29) is 0 Å². The molecule has 0 aliphatic heterocycles. The molecule has 3 nitrogen and oxygen atoms in total. The molecule has 0 N–H and O–H groups in total. The van der Waals surface area contributed by atoms with Crippen molar-refractivity contribution in [3.8, 4) is 11.3 Å². The monoisotopic (exact) mass is 225 g/mol. The number of pyridine rings is 1. The molecule has 5 heteroatoms. The van der Waals surface area contributed by atoms with Crippen LogP contribution in [0.25, 0.3) is 11.3 Å². The third kappa shape index (κ3) is 2.00. The summed E-state index contributed by atoms with van der Waals surface area (Å²) in [6.07, 6.45) is 1.64. The number of hydrogen-bond donors (Lipinski definition) is 0. The Morgan fingerprint density at radius 1 is 0.857 bits per heavy atom. The van der Waals surface area contributed by atoms with Gasteiger partial charge in [-0.25, -0.2) is 4.98 Å². The molecule has 70 valence electrons. The Hall–Kier alpha value is -1.19. The third-order valence-corrected chi connectivity index (χ3v) is 2.08. The predicted molar refractivity (Wildman–Crippen MR) is 55.3 cm³/mol. The van der Waals surface area contributed by atoms with E-state index < -0.39 is 0 Å². The van der Waals surface area contributed by atoms with Crippen LogP contribution in [0.1, 0.15) is 0 Å². The summed E-state index contributed by atoms with van der Waals surface area (Å²) >= 11 is 11.3. The van der Waals surface area contributed by atoms with Gasteiger partial charge in [0.15, 0.2) is 5.15 Å². The molecule has 0 amide bonds. The van der Waals surface area contributed by atoms with Crippen LogP contribution in [0.4, 0.5) is 0 Å². The summed E-state index contributed by atoms with van der Waals surface area (Å²) in [6, 6.07) is 6.99. The van der Waals surface area contributed by atoms with Crippen molar-refractivity contribution in [2.75, 3.05) is 0 Å². The van der Waals surface area contributed by atoms with Gasteiger partial charge in [0, 0.05) is 11.8 Å². The quantitative estimate of drug-likeness (QED) is 0.701. The van der Waals surface area contributed by atoms with E-state index in [2.05, 4.69) is 15.2 Å². The Labute approximate surface area is 90.7 Å². The second-order valence-electron chi connectivity index (χ2n) is 2.61. The molecule has 0 unspecified atom stereocenters. The lowest BCUT2D eigenvalue weighted by Crippen LogP contribution is -1.87. The molecule has 2 aromatic heterocycles. The van der Waals surface area contributed by atoms with Crippen LogP contribution in [0.15, 0.2) is 30.5 Å². The summed E-state index contributed by atoms with van der Waals surface area (Å²) in [4.78, 5) is 3.94. The fourth-order valence-electron chi connectivity index (χ4n) is 0.997. The molecule has 2 rings (SSSR count). The van der Waals surface area contributed by atoms with E-state index in [9.17, 15) is 0 Å². The summed E-state index contributed by atoms with van der Waals surface area (Å²) in [6.45, 7) is 0. The van der Waals surface area contributed by atoms with Crippen molar-refractivity contribution in [1.82, 2.24) is 15.2 Å². The number of halogens is 2. The van der Waals surface area contributed by atoms with Gasteiger partial charge in [-0.15, -0.1) is 10.2 Å². The molecule has 2 aromatic rings. The molecule has 2 heterocycles. The van der Waals surface area contributed by atoms with Crippen molar-refractivity contribution in [1.29, 1.82) is 0 Å². The van der Waals surface area contributed by atoms with E-state index >= 15 is 0 Å². The molecule has 0 saturated heterocycles. The predicted octanol–water partition coefficient (Wildman–Crippen LogP) is 2.85. The minimum Gasteiger partial charge on any atom is -0.244 e. The first kappa shape index (κ1) is 9.37. The molecule has 0 aliphatic carbocycles. The number of hydrogen-bond acceptors (Lipinski definition) is 3. The van der Waals surface area contributed by atoms with Gasteiger partial charge in [0.05, 0.1) is 5.69 Å². The van der Waals surface area contributed by atoms with Crippen molar-refractivity contribution < 1.29 is 0 Å². The van der Waals surface area contributed by atoms with E-state index in [0.717, 1.165) is 11.3 Å². The molecular weight excluding hydrogens is 221 g/mol. The Morgan fingerprint density at radius 3 is 2.21 bits per heavy atom.